The molecule has 41 heavy (non-hydrogen) atoms. The van der Waals surface area contributed by atoms with Gasteiger partial charge in [-0.05, 0) is 56.0 Å². The quantitative estimate of drug-likeness (QED) is 0.235. The summed E-state index contributed by atoms with van der Waals surface area (Å²) < 4.78 is 41.5. The minimum atomic E-state index is -4.43. The first-order chi connectivity index (χ1) is 19.6. The Morgan fingerprint density at radius 2 is 1.78 bits per heavy atom. The zero-order valence-corrected chi connectivity index (χ0v) is 23.0. The van der Waals surface area contributed by atoms with Gasteiger partial charge in [-0.15, -0.1) is 0 Å². The Bertz CT molecular complexity index is 1500. The van der Waals surface area contributed by atoms with Crippen molar-refractivity contribution >= 4 is 23.0 Å². The summed E-state index contributed by atoms with van der Waals surface area (Å²) >= 11 is 0. The van der Waals surface area contributed by atoms with E-state index in [9.17, 15) is 23.1 Å². The van der Waals surface area contributed by atoms with Gasteiger partial charge in [0.2, 0.25) is 5.82 Å². The number of rotatable bonds is 11. The first kappa shape index (κ1) is 28.5. The molecule has 1 aliphatic rings. The first-order valence-corrected chi connectivity index (χ1v) is 13.7. The van der Waals surface area contributed by atoms with Crippen molar-refractivity contribution < 1.29 is 23.1 Å². The number of alkyl halides is 3. The summed E-state index contributed by atoms with van der Waals surface area (Å²) in [5.74, 6) is -0.141. The average molecular weight is 567 g/mol. The summed E-state index contributed by atoms with van der Waals surface area (Å²) in [7, 11) is 2.01. The lowest BCUT2D eigenvalue weighted by atomic mass is 9.80. The Balaban J connectivity index is 1.52. The predicted molar refractivity (Wildman–Crippen MR) is 150 cm³/mol. The second-order valence-corrected chi connectivity index (χ2v) is 10.8. The number of carboxylic acids is 1. The summed E-state index contributed by atoms with van der Waals surface area (Å²) in [5, 5.41) is 13.1. The maximum absolute atomic E-state index is 13.2. The number of benzene rings is 2. The highest BCUT2D eigenvalue weighted by Gasteiger charge is 2.30. The summed E-state index contributed by atoms with van der Waals surface area (Å²) in [5.41, 5.74) is 1.89. The van der Waals surface area contributed by atoms with Crippen LogP contribution in [0.3, 0.4) is 0 Å². The van der Waals surface area contributed by atoms with Crippen LogP contribution in [-0.2, 0) is 25.7 Å². The third-order valence-corrected chi connectivity index (χ3v) is 7.73. The monoisotopic (exact) mass is 566 g/mol. The van der Waals surface area contributed by atoms with Crippen LogP contribution in [0.25, 0.3) is 11.2 Å². The van der Waals surface area contributed by atoms with E-state index in [1.165, 1.54) is 17.7 Å². The number of aromatic carboxylic acids is 1. The molecule has 2 aromatic heterocycles. The predicted octanol–water partition coefficient (Wildman–Crippen LogP) is 5.87. The highest BCUT2D eigenvalue weighted by atomic mass is 19.4. The van der Waals surface area contributed by atoms with Gasteiger partial charge in [0.15, 0.2) is 11.5 Å². The van der Waals surface area contributed by atoms with Gasteiger partial charge in [-0.3, -0.25) is 0 Å². The molecule has 0 aliphatic heterocycles. The molecule has 2 aromatic carbocycles. The lowest BCUT2D eigenvalue weighted by molar-refractivity contribution is -0.137. The molecular weight excluding hydrogens is 533 g/mol. The number of anilines is 1. The third-order valence-electron chi connectivity index (χ3n) is 7.73. The number of nitrogens with zero attached hydrogens (tertiary/aromatic N) is 5. The smallest absolute Gasteiger partial charge is 0.416 e. The van der Waals surface area contributed by atoms with Crippen LogP contribution >= 0.6 is 0 Å². The number of halogens is 3. The van der Waals surface area contributed by atoms with Gasteiger partial charge >= 0.3 is 12.1 Å². The topological polar surface area (TPSA) is 96.2 Å². The van der Waals surface area contributed by atoms with Crippen molar-refractivity contribution in [2.45, 2.75) is 57.9 Å². The maximum Gasteiger partial charge on any atom is 0.416 e. The molecule has 4 aromatic rings. The number of imidazole rings is 1. The summed E-state index contributed by atoms with van der Waals surface area (Å²) in [4.78, 5) is 27.4. The van der Waals surface area contributed by atoms with E-state index in [4.69, 9.17) is 4.98 Å². The van der Waals surface area contributed by atoms with E-state index in [0.29, 0.717) is 41.6 Å². The molecular formula is C30H33F3N6O2. The van der Waals surface area contributed by atoms with E-state index in [1.807, 2.05) is 36.7 Å². The normalized spacial score (nSPS) is 14.8. The zero-order valence-electron chi connectivity index (χ0n) is 23.0. The number of hydrogen-bond donors (Lipinski definition) is 2. The van der Waals surface area contributed by atoms with Gasteiger partial charge in [-0.1, -0.05) is 48.9 Å². The molecule has 5 rings (SSSR count). The Hall–Kier alpha value is -3.99. The molecule has 11 heteroatoms. The molecule has 1 saturated carbocycles. The number of carboxylic acid groups (broad SMARTS) is 1. The second-order valence-electron chi connectivity index (χ2n) is 10.8. The number of likely N-dealkylation sites (N-methyl/N-ethyl adjacent to an activating group) is 1. The van der Waals surface area contributed by atoms with E-state index >= 15 is 0 Å². The van der Waals surface area contributed by atoms with Crippen molar-refractivity contribution in [2.75, 3.05) is 18.9 Å². The molecule has 216 valence electrons. The van der Waals surface area contributed by atoms with Gasteiger partial charge in [0.25, 0.3) is 0 Å². The van der Waals surface area contributed by atoms with Gasteiger partial charge in [-0.25, -0.2) is 19.7 Å². The van der Waals surface area contributed by atoms with Gasteiger partial charge in [0.05, 0.1) is 5.56 Å². The number of aromatic nitrogens is 4. The fourth-order valence-electron chi connectivity index (χ4n) is 5.16. The Kier molecular flexibility index (Phi) is 8.25. The van der Waals surface area contributed by atoms with E-state index in [0.717, 1.165) is 37.9 Å². The number of nitrogens with one attached hydrogen (secondary N) is 1. The fourth-order valence-corrected chi connectivity index (χ4v) is 5.16. The molecule has 0 radical (unpaired) electrons. The highest BCUT2D eigenvalue weighted by Crippen LogP contribution is 2.33. The molecule has 2 heterocycles. The van der Waals surface area contributed by atoms with Gasteiger partial charge < -0.3 is 19.9 Å². The van der Waals surface area contributed by atoms with Crippen LogP contribution in [0.4, 0.5) is 19.0 Å². The average Bonchev–Trinajstić information content (AvgIpc) is 3.24. The van der Waals surface area contributed by atoms with Crippen LogP contribution in [0.2, 0.25) is 0 Å². The molecule has 0 unspecified atom stereocenters. The summed E-state index contributed by atoms with van der Waals surface area (Å²) in [6, 6.07) is 15.2. The van der Waals surface area contributed by atoms with Gasteiger partial charge in [0.1, 0.15) is 11.3 Å². The van der Waals surface area contributed by atoms with Crippen LogP contribution in [0.5, 0.6) is 0 Å². The van der Waals surface area contributed by atoms with Crippen molar-refractivity contribution in [3.05, 3.63) is 82.9 Å². The van der Waals surface area contributed by atoms with E-state index < -0.39 is 17.7 Å². The third kappa shape index (κ3) is 6.67. The first-order valence-electron chi connectivity index (χ1n) is 13.7. The van der Waals surface area contributed by atoms with Crippen LogP contribution in [0.1, 0.15) is 59.3 Å². The molecule has 1 atom stereocenters. The minimum Gasteiger partial charge on any atom is -0.475 e. The Morgan fingerprint density at radius 3 is 2.39 bits per heavy atom. The molecule has 0 bridgehead atoms. The van der Waals surface area contributed by atoms with E-state index in [1.54, 1.807) is 0 Å². The van der Waals surface area contributed by atoms with Gasteiger partial charge in [0, 0.05) is 32.1 Å². The van der Waals surface area contributed by atoms with Crippen LogP contribution in [0.15, 0.2) is 54.6 Å². The zero-order chi connectivity index (χ0) is 29.1. The number of carbonyl (C=O) groups is 1. The van der Waals surface area contributed by atoms with Crippen LogP contribution in [-0.4, -0.2) is 55.1 Å². The molecule has 0 amide bonds. The molecule has 8 nitrogen and oxygen atoms in total. The minimum absolute atomic E-state index is 0.0540. The number of fused-ring (bicyclic) bond motifs is 1. The largest absolute Gasteiger partial charge is 0.475 e. The van der Waals surface area contributed by atoms with E-state index in [-0.39, 0.29) is 24.1 Å². The van der Waals surface area contributed by atoms with Crippen molar-refractivity contribution in [1.29, 1.82) is 0 Å². The lowest BCUT2D eigenvalue weighted by Gasteiger charge is -2.32. The SMILES string of the molecule is C[C@@H](Nc1nc(C(=O)O)nc2nc(CCN(C)Cc3ccccc3)n(Cc3ccc(C(F)(F)F)cc3)c12)C1CCC1. The van der Waals surface area contributed by atoms with Crippen molar-refractivity contribution in [3.63, 3.8) is 0 Å². The van der Waals surface area contributed by atoms with Crippen molar-refractivity contribution in [2.24, 2.45) is 5.92 Å². The Labute approximate surface area is 236 Å². The van der Waals surface area contributed by atoms with Crippen molar-refractivity contribution in [1.82, 2.24) is 24.4 Å². The number of hydrogen-bond acceptors (Lipinski definition) is 6. The lowest BCUT2D eigenvalue weighted by Crippen LogP contribution is -2.31. The second kappa shape index (κ2) is 11.9. The van der Waals surface area contributed by atoms with Crippen LogP contribution in [0, 0.1) is 5.92 Å². The molecule has 1 fully saturated rings. The standard InChI is InChI=1S/C30H33F3N6O2/c1-19(22-9-6-10-22)34-26-25-27(37-28(36-26)29(40)41)35-24(15-16-38(2)17-20-7-4-3-5-8-20)39(25)18-21-11-13-23(14-12-21)30(31,32)33/h3-5,7-8,11-14,19,22H,6,9-10,15-18H2,1-2H3,(H,40,41)(H,34,36,37)/t19-/m1/s1. The maximum atomic E-state index is 13.2. The van der Waals surface area contributed by atoms with Crippen molar-refractivity contribution in [3.8, 4) is 0 Å². The summed E-state index contributed by atoms with van der Waals surface area (Å²) in [6.07, 6.45) is -0.594. The Morgan fingerprint density at radius 1 is 1.07 bits per heavy atom. The molecule has 1 aliphatic carbocycles. The fraction of sp³-hybridized carbons (Fsp3) is 0.400. The van der Waals surface area contributed by atoms with Gasteiger partial charge in [-0.2, -0.15) is 13.2 Å². The van der Waals surface area contributed by atoms with Crippen LogP contribution < -0.4 is 5.32 Å². The van der Waals surface area contributed by atoms with E-state index in [2.05, 4.69) is 32.3 Å². The molecule has 0 spiro atoms. The summed E-state index contributed by atoms with van der Waals surface area (Å²) in [6.45, 7) is 3.66. The molecule has 0 saturated heterocycles. The molecule has 2 N–H and O–H groups in total. The highest BCUT2D eigenvalue weighted by molar-refractivity contribution is 5.90.